The molecule has 0 amide bonds. The third-order valence-electron chi connectivity index (χ3n) is 0. The first-order valence-corrected chi connectivity index (χ1v) is 0. The van der Waals surface area contributed by atoms with Crippen LogP contribution in [-0.4, -0.2) is 0 Å². The molecule has 0 bridgehead atoms. The Morgan fingerprint density at radius 2 is 1.00 bits per heavy atom. The Bertz CT molecular complexity index is 8.00. The van der Waals surface area contributed by atoms with Gasteiger partial charge in [0.25, 0.3) is 0 Å². The molecule has 0 rings (SSSR count). The number of rotatable bonds is 0. The molecule has 0 aromatic heterocycles. The van der Waals surface area contributed by atoms with Crippen LogP contribution in [0.5, 0.6) is 0 Å². The molecule has 4 heavy (non-hydrogen) atoms. The van der Waals surface area contributed by atoms with E-state index < -0.39 is 0 Å². The molecular weight excluding hydrogens is 378 g/mol. The van der Waals surface area contributed by atoms with Gasteiger partial charge < -0.3 is 0 Å². The van der Waals surface area contributed by atoms with Crippen molar-refractivity contribution in [3.8, 4) is 0 Å². The topological polar surface area (TPSA) is 0 Å². The van der Waals surface area contributed by atoms with Crippen molar-refractivity contribution < 1.29 is 72.7 Å². The second kappa shape index (κ2) is 18.7. The fourth-order valence-electron chi connectivity index (χ4n) is 0. The standard InChI is InChI=1S/Au.Co.Cu.Ni. The van der Waals surface area contributed by atoms with E-state index in [0.29, 0.717) is 0 Å². The predicted molar refractivity (Wildman–Crippen MR) is 0 cm³/mol. The first kappa shape index (κ1) is 33.9. The molecule has 0 spiro atoms. The summed E-state index contributed by atoms with van der Waals surface area (Å²) < 4.78 is 0. The van der Waals surface area contributed by atoms with Crippen LogP contribution < -0.4 is 0 Å². The van der Waals surface area contributed by atoms with E-state index in [4.69, 9.17) is 0 Å². The first-order chi connectivity index (χ1) is 0. The molecule has 0 saturated carbocycles. The number of hydrogen-bond donors (Lipinski definition) is 0. The minimum atomic E-state index is 0. The van der Waals surface area contributed by atoms with Crippen LogP contribution in [0.3, 0.4) is 0 Å². The van der Waals surface area contributed by atoms with Gasteiger partial charge in [-0.05, 0) is 0 Å². The molecule has 0 heterocycles. The van der Waals surface area contributed by atoms with Crippen LogP contribution in [0.15, 0.2) is 0 Å². The summed E-state index contributed by atoms with van der Waals surface area (Å²) in [5.74, 6) is 0. The maximum absolute atomic E-state index is 0. The summed E-state index contributed by atoms with van der Waals surface area (Å²) in [7, 11) is 0. The summed E-state index contributed by atoms with van der Waals surface area (Å²) >= 11 is 0. The smallest absolute Gasteiger partial charge is 0 e. The van der Waals surface area contributed by atoms with Crippen molar-refractivity contribution in [1.82, 2.24) is 0 Å². The van der Waals surface area contributed by atoms with E-state index in [1.807, 2.05) is 0 Å². The van der Waals surface area contributed by atoms with E-state index in [2.05, 4.69) is 0 Å². The normalized spacial score (nSPS) is 0. The maximum atomic E-state index is 0. The van der Waals surface area contributed by atoms with Crippen molar-refractivity contribution in [2.75, 3.05) is 0 Å². The molecule has 3 radical (unpaired) electrons. The van der Waals surface area contributed by atoms with Crippen LogP contribution in [0.4, 0.5) is 0 Å². The van der Waals surface area contributed by atoms with Gasteiger partial charge in [0.05, 0.1) is 0 Å². The zero-order chi connectivity index (χ0) is 0. The van der Waals surface area contributed by atoms with Gasteiger partial charge >= 0.3 is 0 Å². The van der Waals surface area contributed by atoms with Gasteiger partial charge in [0.2, 0.25) is 0 Å². The maximum Gasteiger partial charge on any atom is 0 e. The molecule has 0 saturated heterocycles. The van der Waals surface area contributed by atoms with E-state index in [-0.39, 0.29) is 72.7 Å². The quantitative estimate of drug-likeness (QED) is 0.521. The van der Waals surface area contributed by atoms with E-state index >= 15 is 0 Å². The Hall–Kier alpha value is 2.26. The van der Waals surface area contributed by atoms with Gasteiger partial charge in [0.1, 0.15) is 0 Å². The van der Waals surface area contributed by atoms with E-state index in [0.717, 1.165) is 0 Å². The van der Waals surface area contributed by atoms with E-state index in [9.17, 15) is 0 Å². The van der Waals surface area contributed by atoms with Crippen molar-refractivity contribution in [2.45, 2.75) is 0 Å². The van der Waals surface area contributed by atoms with Crippen LogP contribution in [0.25, 0.3) is 0 Å². The molecule has 0 aliphatic carbocycles. The van der Waals surface area contributed by atoms with Crippen molar-refractivity contribution in [1.29, 1.82) is 0 Å². The fraction of sp³-hybridized carbons (Fsp3) is 0. The predicted octanol–water partition coefficient (Wildman–Crippen LogP) is -0.0100. The average molecular weight is 378 g/mol. The molecule has 0 aliphatic rings. The zero-order valence-electron chi connectivity index (χ0n) is 1.25. The van der Waals surface area contributed by atoms with Gasteiger partial charge in [0, 0.05) is 72.7 Å². The Kier molecular flexibility index (Phi) is 158. The molecule has 0 aliphatic heterocycles. The SMILES string of the molecule is [Au].[Co].[Cu].[Ni]. The fourth-order valence-corrected chi connectivity index (χ4v) is 0. The monoisotopic (exact) mass is 377 g/mol. The second-order valence-electron chi connectivity index (χ2n) is 0. The summed E-state index contributed by atoms with van der Waals surface area (Å²) in [6.07, 6.45) is 0. The Morgan fingerprint density at radius 1 is 1.00 bits per heavy atom. The van der Waals surface area contributed by atoms with Gasteiger partial charge in [-0.15, -0.1) is 0 Å². The zero-order valence-corrected chi connectivity index (χ0v) is 6.39. The first-order valence-electron chi connectivity index (χ1n) is 0. The third-order valence-corrected chi connectivity index (χ3v) is 0. The molecule has 0 unspecified atom stereocenters. The second-order valence-corrected chi connectivity index (χ2v) is 0. The number of hydrogen-bond acceptors (Lipinski definition) is 0. The van der Waals surface area contributed by atoms with Gasteiger partial charge in [-0.2, -0.15) is 0 Å². The van der Waals surface area contributed by atoms with Crippen molar-refractivity contribution in [3.05, 3.63) is 0 Å². The summed E-state index contributed by atoms with van der Waals surface area (Å²) in [4.78, 5) is 0. The molecule has 0 aromatic carbocycles. The van der Waals surface area contributed by atoms with Crippen molar-refractivity contribution in [3.63, 3.8) is 0 Å². The Balaban J connectivity index is 0. The molecule has 0 aromatic rings. The molecular formula is AuCoCuNi. The summed E-state index contributed by atoms with van der Waals surface area (Å²) in [5, 5.41) is 0. The molecule has 0 atom stereocenters. The molecule has 41 valence electrons. The minimum Gasteiger partial charge on any atom is 0 e. The molecule has 4 heteroatoms. The summed E-state index contributed by atoms with van der Waals surface area (Å²) in [5.41, 5.74) is 0. The van der Waals surface area contributed by atoms with Gasteiger partial charge in [-0.3, -0.25) is 0 Å². The minimum absolute atomic E-state index is 0. The summed E-state index contributed by atoms with van der Waals surface area (Å²) in [6, 6.07) is 0. The Labute approximate surface area is 72.0 Å². The third kappa shape index (κ3) is 8.86. The van der Waals surface area contributed by atoms with Gasteiger partial charge in [0.15, 0.2) is 0 Å². The largest absolute Gasteiger partial charge is 0 e. The molecule has 0 fully saturated rings. The van der Waals surface area contributed by atoms with Crippen LogP contribution in [0, 0.1) is 0 Å². The van der Waals surface area contributed by atoms with Crippen molar-refractivity contribution in [2.24, 2.45) is 0 Å². The van der Waals surface area contributed by atoms with Crippen LogP contribution >= 0.6 is 0 Å². The van der Waals surface area contributed by atoms with Crippen LogP contribution in [0.1, 0.15) is 0 Å². The molecule has 0 N–H and O–H groups in total. The van der Waals surface area contributed by atoms with E-state index in [1.165, 1.54) is 0 Å². The average Bonchev–Trinajstić information content (AvgIpc) is 0. The summed E-state index contributed by atoms with van der Waals surface area (Å²) in [6.45, 7) is 0. The Morgan fingerprint density at radius 3 is 1.00 bits per heavy atom. The van der Waals surface area contributed by atoms with Crippen LogP contribution in [0.2, 0.25) is 0 Å². The van der Waals surface area contributed by atoms with Crippen molar-refractivity contribution >= 4 is 0 Å². The van der Waals surface area contributed by atoms with E-state index in [1.54, 1.807) is 0 Å². The van der Waals surface area contributed by atoms with Gasteiger partial charge in [-0.25, -0.2) is 0 Å². The molecule has 0 nitrogen and oxygen atoms in total. The van der Waals surface area contributed by atoms with Crippen LogP contribution in [-0.2, 0) is 72.7 Å². The van der Waals surface area contributed by atoms with Gasteiger partial charge in [-0.1, -0.05) is 0 Å².